The molecule has 19 heavy (non-hydrogen) atoms. The van der Waals surface area contributed by atoms with Gasteiger partial charge in [0.25, 0.3) is 0 Å². The molecule has 2 N–H and O–H groups in total. The van der Waals surface area contributed by atoms with Gasteiger partial charge in [-0.15, -0.1) is 0 Å². The summed E-state index contributed by atoms with van der Waals surface area (Å²) in [5, 5.41) is 0. The number of nitrogens with two attached hydrogens (primary N) is 1. The van der Waals surface area contributed by atoms with Crippen LogP contribution in [0.5, 0.6) is 0 Å². The van der Waals surface area contributed by atoms with Gasteiger partial charge < -0.3 is 10.3 Å². The molecule has 1 heterocycles. The Labute approximate surface area is 120 Å². The monoisotopic (exact) mass is 315 g/mol. The van der Waals surface area contributed by atoms with E-state index in [4.69, 9.17) is 10.7 Å². The average molecular weight is 316 g/mol. The fourth-order valence-corrected chi connectivity index (χ4v) is 2.51. The van der Waals surface area contributed by atoms with Gasteiger partial charge in [0.2, 0.25) is 0 Å². The van der Waals surface area contributed by atoms with E-state index in [1.165, 1.54) is 0 Å². The first-order chi connectivity index (χ1) is 9.29. The fourth-order valence-electron chi connectivity index (χ4n) is 2.25. The zero-order valence-corrected chi connectivity index (χ0v) is 12.0. The van der Waals surface area contributed by atoms with Crippen LogP contribution in [-0.2, 0) is 6.54 Å². The minimum absolute atomic E-state index is 0.601. The largest absolute Gasteiger partial charge is 0.329 e. The number of nitrogens with zero attached hydrogens (tertiary/aromatic N) is 2. The smallest absolute Gasteiger partial charge is 0.141 e. The van der Waals surface area contributed by atoms with Crippen molar-refractivity contribution in [1.82, 2.24) is 9.55 Å². The second-order valence-corrected chi connectivity index (χ2v) is 5.29. The minimum Gasteiger partial charge on any atom is -0.329 e. The molecule has 0 unspecified atom stereocenters. The summed E-state index contributed by atoms with van der Waals surface area (Å²) in [6.07, 6.45) is 0. The van der Waals surface area contributed by atoms with Crippen LogP contribution >= 0.6 is 15.9 Å². The summed E-state index contributed by atoms with van der Waals surface area (Å²) in [5.41, 5.74) is 8.97. The molecule has 1 aromatic heterocycles. The SMILES string of the molecule is NCCn1c(-c2ccc(Br)cc2)nc2ccccc21. The maximum atomic E-state index is 5.73. The minimum atomic E-state index is 0.601. The number of benzene rings is 2. The van der Waals surface area contributed by atoms with Crippen LogP contribution in [0.4, 0.5) is 0 Å². The summed E-state index contributed by atoms with van der Waals surface area (Å²) < 4.78 is 3.25. The lowest BCUT2D eigenvalue weighted by atomic mass is 10.2. The van der Waals surface area contributed by atoms with Crippen molar-refractivity contribution in [1.29, 1.82) is 0 Å². The van der Waals surface area contributed by atoms with Crippen LogP contribution in [0, 0.1) is 0 Å². The van der Waals surface area contributed by atoms with Crippen molar-refractivity contribution in [2.75, 3.05) is 6.54 Å². The molecular formula is C15H14BrN3. The molecule has 2 aromatic carbocycles. The van der Waals surface area contributed by atoms with Crippen molar-refractivity contribution in [2.24, 2.45) is 5.73 Å². The second kappa shape index (κ2) is 5.15. The summed E-state index contributed by atoms with van der Waals surface area (Å²) in [4.78, 5) is 4.72. The molecule has 0 aliphatic carbocycles. The summed E-state index contributed by atoms with van der Waals surface area (Å²) in [7, 11) is 0. The van der Waals surface area contributed by atoms with Crippen LogP contribution < -0.4 is 5.73 Å². The molecule has 3 rings (SSSR count). The zero-order valence-electron chi connectivity index (χ0n) is 10.4. The number of rotatable bonds is 3. The van der Waals surface area contributed by atoms with Gasteiger partial charge in [0, 0.05) is 23.1 Å². The molecule has 0 aliphatic rings. The molecule has 0 radical (unpaired) electrons. The topological polar surface area (TPSA) is 43.8 Å². The molecule has 0 saturated carbocycles. The van der Waals surface area contributed by atoms with E-state index in [9.17, 15) is 0 Å². The van der Waals surface area contributed by atoms with Gasteiger partial charge in [0.15, 0.2) is 0 Å². The average Bonchev–Trinajstić information content (AvgIpc) is 2.79. The molecule has 0 saturated heterocycles. The van der Waals surface area contributed by atoms with E-state index >= 15 is 0 Å². The molecule has 0 amide bonds. The summed E-state index contributed by atoms with van der Waals surface area (Å²) >= 11 is 3.45. The fraction of sp³-hybridized carbons (Fsp3) is 0.133. The number of hydrogen-bond acceptors (Lipinski definition) is 2. The Kier molecular flexibility index (Phi) is 3.36. The van der Waals surface area contributed by atoms with Crippen LogP contribution in [0.2, 0.25) is 0 Å². The van der Waals surface area contributed by atoms with Crippen molar-refractivity contribution < 1.29 is 0 Å². The van der Waals surface area contributed by atoms with E-state index in [2.05, 4.69) is 38.7 Å². The lowest BCUT2D eigenvalue weighted by Crippen LogP contribution is -2.10. The second-order valence-electron chi connectivity index (χ2n) is 4.37. The lowest BCUT2D eigenvalue weighted by Gasteiger charge is -2.07. The van der Waals surface area contributed by atoms with Gasteiger partial charge in [0.1, 0.15) is 5.82 Å². The van der Waals surface area contributed by atoms with Gasteiger partial charge in [-0.2, -0.15) is 0 Å². The van der Waals surface area contributed by atoms with Crippen molar-refractivity contribution in [3.8, 4) is 11.4 Å². The number of para-hydroxylation sites is 2. The first-order valence-electron chi connectivity index (χ1n) is 6.21. The summed E-state index contributed by atoms with van der Waals surface area (Å²) in [5.74, 6) is 0.971. The molecule has 0 spiro atoms. The highest BCUT2D eigenvalue weighted by Crippen LogP contribution is 2.25. The Hall–Kier alpha value is -1.65. The molecule has 0 bridgehead atoms. The summed E-state index contributed by atoms with van der Waals surface area (Å²) in [6.45, 7) is 1.37. The van der Waals surface area contributed by atoms with Gasteiger partial charge in [-0.25, -0.2) is 4.98 Å². The maximum Gasteiger partial charge on any atom is 0.141 e. The van der Waals surface area contributed by atoms with E-state index in [1.54, 1.807) is 0 Å². The molecule has 3 aromatic rings. The molecule has 0 fully saturated rings. The molecule has 3 nitrogen and oxygen atoms in total. The molecule has 0 aliphatic heterocycles. The van der Waals surface area contributed by atoms with Gasteiger partial charge in [-0.3, -0.25) is 0 Å². The van der Waals surface area contributed by atoms with Crippen LogP contribution in [0.3, 0.4) is 0 Å². The van der Waals surface area contributed by atoms with Gasteiger partial charge >= 0.3 is 0 Å². The van der Waals surface area contributed by atoms with E-state index < -0.39 is 0 Å². The molecular weight excluding hydrogens is 302 g/mol. The van der Waals surface area contributed by atoms with Gasteiger partial charge in [0.05, 0.1) is 11.0 Å². The standard InChI is InChI=1S/C15H14BrN3/c16-12-7-5-11(6-8-12)15-18-13-3-1-2-4-14(13)19(15)10-9-17/h1-8H,9-10,17H2. The highest BCUT2D eigenvalue weighted by Gasteiger charge is 2.11. The van der Waals surface area contributed by atoms with Crippen molar-refractivity contribution in [2.45, 2.75) is 6.54 Å². The molecule has 4 heteroatoms. The van der Waals surface area contributed by atoms with Crippen LogP contribution in [0.1, 0.15) is 0 Å². The highest BCUT2D eigenvalue weighted by molar-refractivity contribution is 9.10. The van der Waals surface area contributed by atoms with Crippen molar-refractivity contribution in [3.63, 3.8) is 0 Å². The van der Waals surface area contributed by atoms with Gasteiger partial charge in [-0.05, 0) is 24.3 Å². The van der Waals surface area contributed by atoms with Crippen molar-refractivity contribution >= 4 is 27.0 Å². The van der Waals surface area contributed by atoms with Crippen LogP contribution in [-0.4, -0.2) is 16.1 Å². The molecule has 96 valence electrons. The Balaban J connectivity index is 2.21. The highest BCUT2D eigenvalue weighted by atomic mass is 79.9. The predicted molar refractivity (Wildman–Crippen MR) is 81.9 cm³/mol. The van der Waals surface area contributed by atoms with E-state index in [0.717, 1.165) is 33.4 Å². The Morgan fingerprint density at radius 2 is 1.79 bits per heavy atom. The van der Waals surface area contributed by atoms with E-state index in [1.807, 2.05) is 30.3 Å². The van der Waals surface area contributed by atoms with Crippen LogP contribution in [0.25, 0.3) is 22.4 Å². The third-order valence-electron chi connectivity index (χ3n) is 3.11. The zero-order chi connectivity index (χ0) is 13.2. The van der Waals surface area contributed by atoms with E-state index in [-0.39, 0.29) is 0 Å². The first-order valence-corrected chi connectivity index (χ1v) is 7.00. The number of fused-ring (bicyclic) bond motifs is 1. The van der Waals surface area contributed by atoms with Gasteiger partial charge in [-0.1, -0.05) is 40.2 Å². The summed E-state index contributed by atoms with van der Waals surface area (Å²) in [6, 6.07) is 16.3. The van der Waals surface area contributed by atoms with Crippen molar-refractivity contribution in [3.05, 3.63) is 53.0 Å². The normalized spacial score (nSPS) is 11.1. The number of imidazole rings is 1. The molecule has 0 atom stereocenters. The third-order valence-corrected chi connectivity index (χ3v) is 3.64. The number of aromatic nitrogens is 2. The Bertz CT molecular complexity index is 701. The lowest BCUT2D eigenvalue weighted by molar-refractivity contribution is 0.735. The first kappa shape index (κ1) is 12.4. The maximum absolute atomic E-state index is 5.73. The third kappa shape index (κ3) is 2.29. The number of halogens is 1. The predicted octanol–water partition coefficient (Wildman–Crippen LogP) is 3.42. The number of hydrogen-bond donors (Lipinski definition) is 1. The Morgan fingerprint density at radius 1 is 1.05 bits per heavy atom. The Morgan fingerprint density at radius 3 is 2.53 bits per heavy atom. The van der Waals surface area contributed by atoms with Crippen LogP contribution in [0.15, 0.2) is 53.0 Å². The quantitative estimate of drug-likeness (QED) is 0.804. The van der Waals surface area contributed by atoms with E-state index in [0.29, 0.717) is 6.54 Å².